The Bertz CT molecular complexity index is 419. The van der Waals surface area contributed by atoms with Crippen LogP contribution in [0.4, 0.5) is 0 Å². The van der Waals surface area contributed by atoms with E-state index in [4.69, 9.17) is 0 Å². The second-order valence-electron chi connectivity index (χ2n) is 3.19. The van der Waals surface area contributed by atoms with Gasteiger partial charge >= 0.3 is 0 Å². The van der Waals surface area contributed by atoms with Crippen molar-refractivity contribution >= 4 is 10.8 Å². The van der Waals surface area contributed by atoms with Crippen molar-refractivity contribution in [2.45, 2.75) is 20.8 Å². The molecule has 14 heavy (non-hydrogen) atoms. The van der Waals surface area contributed by atoms with Gasteiger partial charge in [-0.05, 0) is 18.4 Å². The summed E-state index contributed by atoms with van der Waals surface area (Å²) < 4.78 is 2.09. The summed E-state index contributed by atoms with van der Waals surface area (Å²) in [5.41, 5.74) is 1.33. The second-order valence-corrected chi connectivity index (χ2v) is 3.19. The highest BCUT2D eigenvalue weighted by atomic mass is 14.9. The van der Waals surface area contributed by atoms with Crippen molar-refractivity contribution in [1.29, 1.82) is 0 Å². The molecule has 0 aliphatic carbocycles. The molecule has 0 unspecified atom stereocenters. The molecular weight excluding hydrogens is 170 g/mol. The van der Waals surface area contributed by atoms with Crippen molar-refractivity contribution in [2.24, 2.45) is 7.05 Å². The van der Waals surface area contributed by atoms with Crippen LogP contribution in [0, 0.1) is 6.92 Å². The van der Waals surface area contributed by atoms with Gasteiger partial charge in [0.1, 0.15) is 7.05 Å². The molecule has 0 N–H and O–H groups in total. The molecule has 0 amide bonds. The van der Waals surface area contributed by atoms with Crippen LogP contribution in [-0.2, 0) is 7.05 Å². The van der Waals surface area contributed by atoms with Gasteiger partial charge in [-0.3, -0.25) is 0 Å². The van der Waals surface area contributed by atoms with Crippen LogP contribution >= 0.6 is 0 Å². The topological polar surface area (TPSA) is 3.88 Å². The number of hydrogen-bond acceptors (Lipinski definition) is 0. The number of rotatable bonds is 0. The summed E-state index contributed by atoms with van der Waals surface area (Å²) in [6.45, 7) is 6.14. The van der Waals surface area contributed by atoms with Gasteiger partial charge in [-0.2, -0.15) is 0 Å². The van der Waals surface area contributed by atoms with Crippen LogP contribution in [0.25, 0.3) is 10.8 Å². The third-order valence-electron chi connectivity index (χ3n) is 2.13. The first-order valence-corrected chi connectivity index (χ1v) is 5.12. The molecule has 0 bridgehead atoms. The molecule has 74 valence electrons. The summed E-state index contributed by atoms with van der Waals surface area (Å²) in [6, 6.07) is 8.45. The van der Waals surface area contributed by atoms with Gasteiger partial charge in [0.25, 0.3) is 0 Å². The summed E-state index contributed by atoms with van der Waals surface area (Å²) in [5.74, 6) is 0. The molecule has 0 saturated carbocycles. The Balaban J connectivity index is 0.000000461. The maximum atomic E-state index is 2.16. The Morgan fingerprint density at radius 2 is 1.64 bits per heavy atom. The first-order chi connectivity index (χ1) is 6.77. The summed E-state index contributed by atoms with van der Waals surface area (Å²) in [4.78, 5) is 0. The Kier molecular flexibility index (Phi) is 3.63. The van der Waals surface area contributed by atoms with Gasteiger partial charge in [0.15, 0.2) is 12.4 Å². The predicted octanol–water partition coefficient (Wildman–Crippen LogP) is 3.00. The minimum Gasteiger partial charge on any atom is -0.207 e. The molecule has 0 aliphatic heterocycles. The molecule has 0 radical (unpaired) electrons. The normalized spacial score (nSPS) is 9.43. The highest BCUT2D eigenvalue weighted by Gasteiger charge is 2.01. The Morgan fingerprint density at radius 3 is 2.36 bits per heavy atom. The molecule has 2 rings (SSSR count). The SMILES string of the molecule is CC.Cc1c[n+](C)cc2ccccc12. The first kappa shape index (κ1) is 10.7. The number of nitrogens with zero attached hydrogens (tertiary/aromatic N) is 1. The molecule has 1 heteroatoms. The molecule has 2 aromatic rings. The van der Waals surface area contributed by atoms with Crippen LogP contribution in [0.2, 0.25) is 0 Å². The number of pyridine rings is 1. The lowest BCUT2D eigenvalue weighted by molar-refractivity contribution is -0.670. The summed E-state index contributed by atoms with van der Waals surface area (Å²) >= 11 is 0. The Hall–Kier alpha value is -1.37. The lowest BCUT2D eigenvalue weighted by Crippen LogP contribution is -2.26. The van der Waals surface area contributed by atoms with E-state index in [-0.39, 0.29) is 0 Å². The smallest absolute Gasteiger partial charge is 0.176 e. The zero-order chi connectivity index (χ0) is 10.6. The Labute approximate surface area is 86.0 Å². The van der Waals surface area contributed by atoms with E-state index in [1.54, 1.807) is 0 Å². The number of hydrogen-bond donors (Lipinski definition) is 0. The number of benzene rings is 1. The van der Waals surface area contributed by atoms with Gasteiger partial charge < -0.3 is 0 Å². The van der Waals surface area contributed by atoms with Gasteiger partial charge in [0.05, 0.1) is 0 Å². The number of aryl methyl sites for hydroxylation is 2. The quantitative estimate of drug-likeness (QED) is 0.560. The van der Waals surface area contributed by atoms with Crippen LogP contribution in [-0.4, -0.2) is 0 Å². The van der Waals surface area contributed by atoms with Gasteiger partial charge in [0.2, 0.25) is 0 Å². The zero-order valence-electron chi connectivity index (χ0n) is 9.41. The van der Waals surface area contributed by atoms with Crippen molar-refractivity contribution < 1.29 is 4.57 Å². The van der Waals surface area contributed by atoms with Gasteiger partial charge in [-0.25, -0.2) is 4.57 Å². The molecule has 1 nitrogen and oxygen atoms in total. The second kappa shape index (κ2) is 4.75. The summed E-state index contributed by atoms with van der Waals surface area (Å²) in [7, 11) is 2.06. The minimum atomic E-state index is 1.31. The van der Waals surface area contributed by atoms with E-state index in [9.17, 15) is 0 Å². The average Bonchev–Trinajstić information content (AvgIpc) is 2.20. The van der Waals surface area contributed by atoms with E-state index in [2.05, 4.69) is 55.2 Å². The standard InChI is InChI=1S/C11H12N.C2H6/c1-9-7-12(2)8-10-5-3-4-6-11(9)10;1-2/h3-8H,1-2H3;1-2H3/q+1;. The van der Waals surface area contributed by atoms with Crippen molar-refractivity contribution in [1.82, 2.24) is 0 Å². The molecule has 0 fully saturated rings. The zero-order valence-corrected chi connectivity index (χ0v) is 9.41. The molecule has 0 spiro atoms. The van der Waals surface area contributed by atoms with E-state index in [0.717, 1.165) is 0 Å². The van der Waals surface area contributed by atoms with Crippen molar-refractivity contribution in [3.8, 4) is 0 Å². The molecule has 0 aliphatic rings. The van der Waals surface area contributed by atoms with Crippen molar-refractivity contribution in [3.63, 3.8) is 0 Å². The van der Waals surface area contributed by atoms with E-state index in [1.807, 2.05) is 13.8 Å². The van der Waals surface area contributed by atoms with Gasteiger partial charge in [0, 0.05) is 10.9 Å². The lowest BCUT2D eigenvalue weighted by Gasteiger charge is -1.98. The maximum absolute atomic E-state index is 2.16. The molecule has 0 saturated heterocycles. The molecule has 1 aromatic heterocycles. The van der Waals surface area contributed by atoms with Crippen LogP contribution in [0.3, 0.4) is 0 Å². The molecule has 0 atom stereocenters. The minimum absolute atomic E-state index is 1.31. The van der Waals surface area contributed by atoms with Gasteiger partial charge in [-0.1, -0.05) is 32.0 Å². The van der Waals surface area contributed by atoms with Crippen molar-refractivity contribution in [3.05, 3.63) is 42.2 Å². The van der Waals surface area contributed by atoms with E-state index < -0.39 is 0 Å². The maximum Gasteiger partial charge on any atom is 0.176 e. The number of fused-ring (bicyclic) bond motifs is 1. The predicted molar refractivity (Wildman–Crippen MR) is 61.2 cm³/mol. The Morgan fingerprint density at radius 1 is 1.00 bits per heavy atom. The monoisotopic (exact) mass is 188 g/mol. The summed E-state index contributed by atoms with van der Waals surface area (Å²) in [6.07, 6.45) is 4.28. The fraction of sp³-hybridized carbons (Fsp3) is 0.308. The largest absolute Gasteiger partial charge is 0.207 e. The van der Waals surface area contributed by atoms with Crippen LogP contribution in [0.15, 0.2) is 36.7 Å². The fourth-order valence-corrected chi connectivity index (χ4v) is 1.60. The average molecular weight is 188 g/mol. The van der Waals surface area contributed by atoms with Crippen LogP contribution in [0.5, 0.6) is 0 Å². The fourth-order valence-electron chi connectivity index (χ4n) is 1.60. The summed E-state index contributed by atoms with van der Waals surface area (Å²) in [5, 5.41) is 2.65. The highest BCUT2D eigenvalue weighted by molar-refractivity contribution is 5.83. The third kappa shape index (κ3) is 2.11. The van der Waals surface area contributed by atoms with Crippen molar-refractivity contribution in [2.75, 3.05) is 0 Å². The lowest BCUT2D eigenvalue weighted by atomic mass is 10.1. The molecule has 1 heterocycles. The molecular formula is C13H18N+. The van der Waals surface area contributed by atoms with E-state index in [1.165, 1.54) is 16.3 Å². The highest BCUT2D eigenvalue weighted by Crippen LogP contribution is 2.14. The van der Waals surface area contributed by atoms with Crippen LogP contribution in [0.1, 0.15) is 19.4 Å². The van der Waals surface area contributed by atoms with E-state index in [0.29, 0.717) is 0 Å². The van der Waals surface area contributed by atoms with Crippen LogP contribution < -0.4 is 4.57 Å². The first-order valence-electron chi connectivity index (χ1n) is 5.12. The van der Waals surface area contributed by atoms with E-state index >= 15 is 0 Å². The van der Waals surface area contributed by atoms with Gasteiger partial charge in [-0.15, -0.1) is 0 Å². The number of aromatic nitrogens is 1. The third-order valence-corrected chi connectivity index (χ3v) is 2.13. The molecule has 1 aromatic carbocycles.